The van der Waals surface area contributed by atoms with E-state index in [1.54, 1.807) is 18.2 Å². The highest BCUT2D eigenvalue weighted by Gasteiger charge is 2.44. The quantitative estimate of drug-likeness (QED) is 0.906. The molecule has 3 nitrogen and oxygen atoms in total. The molecule has 2 atom stereocenters. The SMILES string of the molecule is O=C(O)C(Cc1ccccc1)S(=O)C(F)(F)F. The molecule has 2 unspecified atom stereocenters. The van der Waals surface area contributed by atoms with Crippen LogP contribution in [0.3, 0.4) is 0 Å². The van der Waals surface area contributed by atoms with Gasteiger partial charge in [0.1, 0.15) is 16.0 Å². The molecule has 0 heterocycles. The van der Waals surface area contributed by atoms with Gasteiger partial charge in [-0.05, 0) is 12.0 Å². The van der Waals surface area contributed by atoms with Crippen LogP contribution in [0.5, 0.6) is 0 Å². The molecule has 0 amide bonds. The maximum Gasteiger partial charge on any atom is 0.472 e. The predicted molar refractivity (Wildman–Crippen MR) is 55.8 cm³/mol. The summed E-state index contributed by atoms with van der Waals surface area (Å²) in [5, 5.41) is 6.70. The Morgan fingerprint density at radius 3 is 2.24 bits per heavy atom. The topological polar surface area (TPSA) is 54.4 Å². The zero-order valence-corrected chi connectivity index (χ0v) is 9.29. The van der Waals surface area contributed by atoms with Gasteiger partial charge in [0.2, 0.25) is 0 Å². The fourth-order valence-corrected chi connectivity index (χ4v) is 2.09. The Hall–Kier alpha value is -1.37. The normalized spacial score (nSPS) is 15.2. The van der Waals surface area contributed by atoms with E-state index in [-0.39, 0.29) is 0 Å². The van der Waals surface area contributed by atoms with Crippen molar-refractivity contribution in [2.45, 2.75) is 17.2 Å². The number of alkyl halides is 3. The highest BCUT2D eigenvalue weighted by molar-refractivity contribution is 7.87. The maximum absolute atomic E-state index is 12.2. The third-order valence-corrected chi connectivity index (χ3v) is 3.37. The molecule has 0 radical (unpaired) electrons. The average molecular weight is 266 g/mol. The first kappa shape index (κ1) is 13.7. The summed E-state index contributed by atoms with van der Waals surface area (Å²) in [6.07, 6.45) is -0.414. The summed E-state index contributed by atoms with van der Waals surface area (Å²) in [5.41, 5.74) is -4.62. The molecule has 17 heavy (non-hydrogen) atoms. The van der Waals surface area contributed by atoms with E-state index >= 15 is 0 Å². The van der Waals surface area contributed by atoms with E-state index in [2.05, 4.69) is 0 Å². The lowest BCUT2D eigenvalue weighted by molar-refractivity contribution is -0.136. The van der Waals surface area contributed by atoms with Crippen molar-refractivity contribution in [3.8, 4) is 0 Å². The first-order valence-electron chi connectivity index (χ1n) is 4.56. The Kier molecular flexibility index (Phi) is 4.28. The summed E-state index contributed by atoms with van der Waals surface area (Å²) in [7, 11) is -3.41. The Morgan fingerprint density at radius 1 is 1.29 bits per heavy atom. The Labute approximate surface area is 97.7 Å². The summed E-state index contributed by atoms with van der Waals surface area (Å²) in [5.74, 6) is -1.72. The van der Waals surface area contributed by atoms with Crippen molar-refractivity contribution in [1.82, 2.24) is 0 Å². The summed E-state index contributed by atoms with van der Waals surface area (Å²) >= 11 is 0. The molecule has 1 N–H and O–H groups in total. The van der Waals surface area contributed by atoms with Gasteiger partial charge in [-0.25, -0.2) is 4.21 Å². The molecule has 0 aliphatic rings. The van der Waals surface area contributed by atoms with Crippen molar-refractivity contribution in [2.75, 3.05) is 0 Å². The first-order valence-corrected chi connectivity index (χ1v) is 5.78. The van der Waals surface area contributed by atoms with Crippen LogP contribution in [0.2, 0.25) is 0 Å². The van der Waals surface area contributed by atoms with Crippen LogP contribution in [0, 0.1) is 0 Å². The highest BCUT2D eigenvalue weighted by atomic mass is 32.2. The lowest BCUT2D eigenvalue weighted by Crippen LogP contribution is -2.35. The Morgan fingerprint density at radius 2 is 1.82 bits per heavy atom. The minimum atomic E-state index is -5.02. The Balaban J connectivity index is 2.89. The highest BCUT2D eigenvalue weighted by Crippen LogP contribution is 2.25. The average Bonchev–Trinajstić information content (AvgIpc) is 2.24. The molecular weight excluding hydrogens is 257 g/mol. The molecule has 0 aromatic heterocycles. The monoisotopic (exact) mass is 266 g/mol. The van der Waals surface area contributed by atoms with Crippen molar-refractivity contribution in [3.63, 3.8) is 0 Å². The summed E-state index contributed by atoms with van der Waals surface area (Å²) < 4.78 is 47.6. The van der Waals surface area contributed by atoms with Crippen LogP contribution in [0.15, 0.2) is 30.3 Å². The van der Waals surface area contributed by atoms with E-state index in [0.717, 1.165) is 0 Å². The molecule has 0 fully saturated rings. The number of aliphatic carboxylic acids is 1. The fraction of sp³-hybridized carbons (Fsp3) is 0.300. The first-order chi connectivity index (χ1) is 7.82. The second-order valence-electron chi connectivity index (χ2n) is 3.26. The van der Waals surface area contributed by atoms with Crippen molar-refractivity contribution in [1.29, 1.82) is 0 Å². The second-order valence-corrected chi connectivity index (χ2v) is 4.89. The van der Waals surface area contributed by atoms with Crippen LogP contribution in [0.4, 0.5) is 13.2 Å². The van der Waals surface area contributed by atoms with Gasteiger partial charge < -0.3 is 5.11 Å². The zero-order valence-electron chi connectivity index (χ0n) is 8.48. The number of halogens is 3. The van der Waals surface area contributed by atoms with E-state index < -0.39 is 33.9 Å². The van der Waals surface area contributed by atoms with Gasteiger partial charge in [0, 0.05) is 0 Å². The number of carboxylic acid groups (broad SMARTS) is 1. The molecule has 94 valence electrons. The molecule has 0 saturated heterocycles. The molecule has 0 aliphatic carbocycles. The van der Waals surface area contributed by atoms with Crippen molar-refractivity contribution < 1.29 is 27.3 Å². The molecule has 1 aromatic carbocycles. The smallest absolute Gasteiger partial charge is 0.472 e. The van der Waals surface area contributed by atoms with Crippen molar-refractivity contribution >= 4 is 16.8 Å². The standard InChI is InChI=1S/C10H9F3O3S/c11-10(12,13)17(16)8(9(14)15)6-7-4-2-1-3-5-7/h1-5,8H,6H2,(H,14,15). The van der Waals surface area contributed by atoms with Gasteiger partial charge in [-0.2, -0.15) is 13.2 Å². The van der Waals surface area contributed by atoms with Crippen molar-refractivity contribution in [2.24, 2.45) is 0 Å². The van der Waals surface area contributed by atoms with Crippen LogP contribution in [-0.2, 0) is 22.0 Å². The molecule has 0 aliphatic heterocycles. The second kappa shape index (κ2) is 5.31. The summed E-state index contributed by atoms with van der Waals surface area (Å²) in [6.45, 7) is 0. The van der Waals surface area contributed by atoms with E-state index in [0.29, 0.717) is 5.56 Å². The molecule has 0 saturated carbocycles. The minimum Gasteiger partial charge on any atom is -0.480 e. The van der Waals surface area contributed by atoms with Crippen LogP contribution in [-0.4, -0.2) is 26.0 Å². The number of hydrogen-bond acceptors (Lipinski definition) is 2. The van der Waals surface area contributed by atoms with E-state index in [9.17, 15) is 22.2 Å². The van der Waals surface area contributed by atoms with E-state index in [1.165, 1.54) is 12.1 Å². The van der Waals surface area contributed by atoms with Gasteiger partial charge in [-0.3, -0.25) is 4.79 Å². The summed E-state index contributed by atoms with van der Waals surface area (Å²) in [6, 6.07) is 7.78. The number of carbonyl (C=O) groups is 1. The van der Waals surface area contributed by atoms with Gasteiger partial charge in [-0.15, -0.1) is 0 Å². The lowest BCUT2D eigenvalue weighted by Gasteiger charge is -2.14. The Bertz CT molecular complexity index is 417. The molecular formula is C10H9F3O3S. The minimum absolute atomic E-state index is 0.400. The molecule has 1 aromatic rings. The van der Waals surface area contributed by atoms with Gasteiger partial charge in [0.05, 0.1) is 0 Å². The van der Waals surface area contributed by atoms with Crippen LogP contribution >= 0.6 is 0 Å². The number of carboxylic acids is 1. The van der Waals surface area contributed by atoms with E-state index in [4.69, 9.17) is 5.11 Å². The fourth-order valence-electron chi connectivity index (χ4n) is 1.24. The van der Waals surface area contributed by atoms with Crippen molar-refractivity contribution in [3.05, 3.63) is 35.9 Å². The van der Waals surface area contributed by atoms with Gasteiger partial charge >= 0.3 is 11.5 Å². The number of benzene rings is 1. The van der Waals surface area contributed by atoms with Crippen LogP contribution < -0.4 is 0 Å². The summed E-state index contributed by atoms with van der Waals surface area (Å²) in [4.78, 5) is 10.7. The van der Waals surface area contributed by atoms with Crippen LogP contribution in [0.1, 0.15) is 5.56 Å². The molecule has 7 heteroatoms. The predicted octanol–water partition coefficient (Wildman–Crippen LogP) is 1.95. The molecule has 1 rings (SSSR count). The largest absolute Gasteiger partial charge is 0.480 e. The third-order valence-electron chi connectivity index (χ3n) is 2.03. The zero-order chi connectivity index (χ0) is 13.1. The lowest BCUT2D eigenvalue weighted by atomic mass is 10.1. The van der Waals surface area contributed by atoms with Crippen LogP contribution in [0.25, 0.3) is 0 Å². The molecule has 0 spiro atoms. The van der Waals surface area contributed by atoms with Gasteiger partial charge in [0.25, 0.3) is 0 Å². The third kappa shape index (κ3) is 3.85. The number of rotatable bonds is 4. The van der Waals surface area contributed by atoms with Gasteiger partial charge in [0.15, 0.2) is 0 Å². The van der Waals surface area contributed by atoms with E-state index in [1.807, 2.05) is 0 Å². The van der Waals surface area contributed by atoms with Gasteiger partial charge in [-0.1, -0.05) is 30.3 Å². The molecule has 0 bridgehead atoms. The maximum atomic E-state index is 12.2. The number of hydrogen-bond donors (Lipinski definition) is 1.